The van der Waals surface area contributed by atoms with Crippen molar-refractivity contribution in [3.05, 3.63) is 105 Å². The van der Waals surface area contributed by atoms with Crippen molar-refractivity contribution in [1.29, 1.82) is 0 Å². The number of benzene rings is 3. The van der Waals surface area contributed by atoms with E-state index in [1.165, 1.54) is 11.4 Å². The van der Waals surface area contributed by atoms with Crippen LogP contribution in [0.4, 0.5) is 36.8 Å². The third kappa shape index (κ3) is 7.24. The predicted molar refractivity (Wildman–Crippen MR) is 162 cm³/mol. The molecule has 0 unspecified atom stereocenters. The fourth-order valence-corrected chi connectivity index (χ4v) is 5.44. The van der Waals surface area contributed by atoms with Crippen LogP contribution >= 0.6 is 11.3 Å². The van der Waals surface area contributed by atoms with Crippen molar-refractivity contribution < 1.29 is 70.0 Å². The fourth-order valence-electron chi connectivity index (χ4n) is 4.55. The molecular weight excluding hydrogens is 702 g/mol. The Labute approximate surface area is 281 Å². The van der Waals surface area contributed by atoms with E-state index in [1.807, 2.05) is 0 Å². The summed E-state index contributed by atoms with van der Waals surface area (Å²) in [6.45, 7) is -1.38. The lowest BCUT2D eigenvalue weighted by Gasteiger charge is -2.23. The van der Waals surface area contributed by atoms with Gasteiger partial charge in [-0.3, -0.25) is 19.2 Å². The summed E-state index contributed by atoms with van der Waals surface area (Å²) in [7, 11) is 2.28. The summed E-state index contributed by atoms with van der Waals surface area (Å²) in [4.78, 5) is 63.3. The summed E-state index contributed by atoms with van der Waals surface area (Å²) in [6.07, 6.45) is -6.68. The number of thiophene rings is 1. The summed E-state index contributed by atoms with van der Waals surface area (Å²) in [5.74, 6) is -12.5. The maximum Gasteiger partial charge on any atom is 0.514 e. The van der Waals surface area contributed by atoms with E-state index in [2.05, 4.69) is 14.8 Å². The Kier molecular flexibility index (Phi) is 10.6. The minimum Gasteiger partial charge on any atom is -0.480 e. The maximum absolute atomic E-state index is 15.8. The van der Waals surface area contributed by atoms with Gasteiger partial charge in [-0.05, 0) is 41.3 Å². The Balaban J connectivity index is 1.68. The molecule has 1 heterocycles. The molecule has 262 valence electrons. The van der Waals surface area contributed by atoms with E-state index in [0.717, 1.165) is 55.4 Å². The molecule has 4 aromatic rings. The van der Waals surface area contributed by atoms with Crippen molar-refractivity contribution >= 4 is 46.9 Å². The second kappa shape index (κ2) is 14.3. The van der Waals surface area contributed by atoms with Gasteiger partial charge in [-0.25, -0.2) is 18.0 Å². The molecular formula is C32H22F6N2O9S. The standard InChI is InChI=1S/C32H22F6N2O9S/c1-40(2)27(42)23-20(39-26(41)17-5-3-6-18(33)22(17)15-8-10-16(11-9-15)32(36,37)38)13-19(34)25(24(23)35)49-30(47)48-14-31(28(43)44,29(45)46)21-7-4-12-50-21/h3-13H,14H2,1-2H3,(H,39,41)(H,43,44)(H,45,46). The number of carboxylic acids is 2. The van der Waals surface area contributed by atoms with Gasteiger partial charge >= 0.3 is 24.3 Å². The number of aliphatic carboxylic acids is 2. The van der Waals surface area contributed by atoms with Gasteiger partial charge in [-0.15, -0.1) is 11.3 Å². The van der Waals surface area contributed by atoms with Crippen LogP contribution in [0.15, 0.2) is 66.0 Å². The highest BCUT2D eigenvalue weighted by molar-refractivity contribution is 7.10. The van der Waals surface area contributed by atoms with Crippen LogP contribution in [-0.2, 0) is 25.9 Å². The van der Waals surface area contributed by atoms with E-state index in [9.17, 15) is 51.7 Å². The van der Waals surface area contributed by atoms with Gasteiger partial charge in [0.25, 0.3) is 11.8 Å². The number of anilines is 1. The first-order valence-electron chi connectivity index (χ1n) is 13.8. The number of carboxylic acid groups (broad SMARTS) is 2. The Morgan fingerprint density at radius 2 is 1.52 bits per heavy atom. The number of alkyl halides is 3. The number of hydrogen-bond acceptors (Lipinski definition) is 8. The molecule has 0 saturated carbocycles. The highest BCUT2D eigenvalue weighted by Crippen LogP contribution is 2.36. The van der Waals surface area contributed by atoms with E-state index in [4.69, 9.17) is 0 Å². The van der Waals surface area contributed by atoms with Crippen LogP contribution < -0.4 is 10.1 Å². The van der Waals surface area contributed by atoms with Crippen LogP contribution in [0.2, 0.25) is 0 Å². The molecule has 0 aliphatic heterocycles. The van der Waals surface area contributed by atoms with E-state index in [-0.39, 0.29) is 10.4 Å². The molecule has 0 bridgehead atoms. The van der Waals surface area contributed by atoms with Gasteiger partial charge in [0.2, 0.25) is 11.2 Å². The van der Waals surface area contributed by atoms with Crippen LogP contribution in [0.3, 0.4) is 0 Å². The van der Waals surface area contributed by atoms with Gasteiger partial charge < -0.3 is 29.9 Å². The van der Waals surface area contributed by atoms with Crippen LogP contribution in [0, 0.1) is 17.5 Å². The van der Waals surface area contributed by atoms with E-state index in [1.54, 1.807) is 0 Å². The normalized spacial score (nSPS) is 11.4. The minimum absolute atomic E-state index is 0.167. The highest BCUT2D eigenvalue weighted by atomic mass is 32.1. The SMILES string of the molecule is CN(C)C(=O)c1c(NC(=O)c2cccc(F)c2-c2ccc(C(F)(F)F)cc2)cc(F)c(OC(=O)OCC(C(=O)O)(C(=O)O)c2cccs2)c1F. The number of carbonyl (C=O) groups excluding carboxylic acids is 3. The third-order valence-corrected chi connectivity index (χ3v) is 8.10. The smallest absolute Gasteiger partial charge is 0.480 e. The zero-order valence-corrected chi connectivity index (χ0v) is 26.2. The Morgan fingerprint density at radius 1 is 0.880 bits per heavy atom. The summed E-state index contributed by atoms with van der Waals surface area (Å²) >= 11 is 0.709. The zero-order valence-electron chi connectivity index (χ0n) is 25.4. The van der Waals surface area contributed by atoms with E-state index < -0.39 is 99.2 Å². The monoisotopic (exact) mass is 724 g/mol. The number of rotatable bonds is 10. The lowest BCUT2D eigenvalue weighted by molar-refractivity contribution is -0.160. The number of nitrogens with zero attached hydrogens (tertiary/aromatic N) is 1. The van der Waals surface area contributed by atoms with E-state index in [0.29, 0.717) is 29.5 Å². The molecule has 0 aliphatic rings. The van der Waals surface area contributed by atoms with Crippen molar-refractivity contribution in [2.45, 2.75) is 11.6 Å². The quantitative estimate of drug-likeness (QED) is 0.0725. The molecule has 0 saturated heterocycles. The zero-order chi connectivity index (χ0) is 37.1. The molecule has 2 amide bonds. The molecule has 3 aromatic carbocycles. The fraction of sp³-hybridized carbons (Fsp3) is 0.156. The summed E-state index contributed by atoms with van der Waals surface area (Å²) in [5.41, 5.74) is -6.96. The molecule has 0 fully saturated rings. The average molecular weight is 725 g/mol. The second-order valence-electron chi connectivity index (χ2n) is 10.4. The highest BCUT2D eigenvalue weighted by Gasteiger charge is 2.51. The molecule has 4 rings (SSSR count). The Bertz CT molecular complexity index is 1970. The van der Waals surface area contributed by atoms with Crippen LogP contribution in [0.5, 0.6) is 5.75 Å². The molecule has 50 heavy (non-hydrogen) atoms. The second-order valence-corrected chi connectivity index (χ2v) is 11.4. The molecule has 0 radical (unpaired) electrons. The molecule has 18 heteroatoms. The minimum atomic E-state index is -4.71. The molecule has 11 nitrogen and oxygen atoms in total. The Morgan fingerprint density at radius 3 is 2.06 bits per heavy atom. The van der Waals surface area contributed by atoms with Crippen LogP contribution in [0.25, 0.3) is 11.1 Å². The number of ether oxygens (including phenoxy) is 2. The number of amides is 2. The van der Waals surface area contributed by atoms with Crippen LogP contribution in [0.1, 0.15) is 31.2 Å². The number of halogens is 6. The number of carbonyl (C=O) groups is 5. The number of nitrogens with one attached hydrogen (secondary N) is 1. The average Bonchev–Trinajstić information content (AvgIpc) is 3.57. The number of hydrogen-bond donors (Lipinski definition) is 3. The first-order valence-corrected chi connectivity index (χ1v) is 14.6. The summed E-state index contributed by atoms with van der Waals surface area (Å²) in [6, 6.07) is 8.99. The molecule has 0 aliphatic carbocycles. The van der Waals surface area contributed by atoms with Gasteiger partial charge in [0.1, 0.15) is 18.0 Å². The van der Waals surface area contributed by atoms with Gasteiger partial charge in [-0.1, -0.05) is 24.3 Å². The maximum atomic E-state index is 15.8. The third-order valence-electron chi connectivity index (χ3n) is 7.07. The predicted octanol–water partition coefficient (Wildman–Crippen LogP) is 6.43. The summed E-state index contributed by atoms with van der Waals surface area (Å²) < 4.78 is 94.5. The molecule has 1 aromatic heterocycles. The lowest BCUT2D eigenvalue weighted by Crippen LogP contribution is -2.47. The Hall–Kier alpha value is -5.91. The van der Waals surface area contributed by atoms with Crippen LogP contribution in [-0.4, -0.2) is 65.7 Å². The van der Waals surface area contributed by atoms with E-state index >= 15 is 8.78 Å². The van der Waals surface area contributed by atoms with Crippen molar-refractivity contribution in [3.8, 4) is 16.9 Å². The lowest BCUT2D eigenvalue weighted by atomic mass is 9.87. The first kappa shape index (κ1) is 36.9. The van der Waals surface area contributed by atoms with Crippen molar-refractivity contribution in [2.75, 3.05) is 26.0 Å². The van der Waals surface area contributed by atoms with Gasteiger partial charge in [-0.2, -0.15) is 13.2 Å². The van der Waals surface area contributed by atoms with Gasteiger partial charge in [0, 0.05) is 30.6 Å². The largest absolute Gasteiger partial charge is 0.514 e. The van der Waals surface area contributed by atoms with Crippen molar-refractivity contribution in [1.82, 2.24) is 4.90 Å². The van der Waals surface area contributed by atoms with Gasteiger partial charge in [0.15, 0.2) is 11.6 Å². The molecule has 3 N–H and O–H groups in total. The summed E-state index contributed by atoms with van der Waals surface area (Å²) in [5, 5.41) is 22.8. The van der Waals surface area contributed by atoms with Gasteiger partial charge in [0.05, 0.1) is 16.8 Å². The molecule has 0 atom stereocenters. The molecule has 0 spiro atoms. The first-order chi connectivity index (χ1) is 23.4. The topological polar surface area (TPSA) is 160 Å². The van der Waals surface area contributed by atoms with Crippen molar-refractivity contribution in [2.24, 2.45) is 0 Å². The van der Waals surface area contributed by atoms with Crippen molar-refractivity contribution in [3.63, 3.8) is 0 Å².